The highest BCUT2D eigenvalue weighted by atomic mass is 16.5. The summed E-state index contributed by atoms with van der Waals surface area (Å²) in [6.07, 6.45) is 1.45. The van der Waals surface area contributed by atoms with Crippen LogP contribution in [0, 0.1) is 0 Å². The summed E-state index contributed by atoms with van der Waals surface area (Å²) in [5, 5.41) is 5.96. The van der Waals surface area contributed by atoms with Gasteiger partial charge in [-0.3, -0.25) is 19.5 Å². The predicted molar refractivity (Wildman–Crippen MR) is 139 cm³/mol. The number of pyridine rings is 1. The molecule has 2 amide bonds. The lowest BCUT2D eigenvalue weighted by atomic mass is 10.1. The molecule has 38 heavy (non-hydrogen) atoms. The molecule has 4 heterocycles. The van der Waals surface area contributed by atoms with E-state index in [4.69, 9.17) is 18.9 Å². The van der Waals surface area contributed by atoms with E-state index in [1.165, 1.54) is 7.11 Å². The molecule has 3 aromatic rings. The van der Waals surface area contributed by atoms with Crippen LogP contribution in [0.1, 0.15) is 21.6 Å². The average molecular weight is 519 g/mol. The van der Waals surface area contributed by atoms with Crippen molar-refractivity contribution in [1.29, 1.82) is 0 Å². The molecule has 6 rings (SSSR count). The zero-order chi connectivity index (χ0) is 26.5. The van der Waals surface area contributed by atoms with Crippen molar-refractivity contribution in [2.75, 3.05) is 33.9 Å². The van der Waals surface area contributed by atoms with Crippen molar-refractivity contribution in [1.82, 2.24) is 20.5 Å². The van der Waals surface area contributed by atoms with E-state index in [0.29, 0.717) is 48.2 Å². The second-order valence-electron chi connectivity index (χ2n) is 9.19. The number of fused-ring (bicyclic) bond motifs is 7. The Labute approximate surface area is 220 Å². The molecule has 2 atom stereocenters. The molecule has 3 aliphatic heterocycles. The van der Waals surface area contributed by atoms with Crippen LogP contribution in [-0.4, -0.2) is 67.8 Å². The van der Waals surface area contributed by atoms with Gasteiger partial charge in [0.15, 0.2) is 6.61 Å². The molecule has 4 bridgehead atoms. The van der Waals surface area contributed by atoms with E-state index in [1.807, 2.05) is 30.3 Å². The highest BCUT2D eigenvalue weighted by Crippen LogP contribution is 2.28. The molecule has 2 N–H and O–H groups in total. The third-order valence-electron chi connectivity index (χ3n) is 6.54. The lowest BCUT2D eigenvalue weighted by molar-refractivity contribution is -0.123. The van der Waals surface area contributed by atoms with Gasteiger partial charge in [-0.1, -0.05) is 6.07 Å². The van der Waals surface area contributed by atoms with Gasteiger partial charge >= 0.3 is 0 Å². The van der Waals surface area contributed by atoms with Crippen LogP contribution >= 0.6 is 0 Å². The Kier molecular flexibility index (Phi) is 7.60. The minimum absolute atomic E-state index is 0.217. The predicted octanol–water partition coefficient (Wildman–Crippen LogP) is 2.17. The standard InChI is InChI=1S/C28H30N4O6/c1-35-22-9-19-10-23(11-22)37-17-27(33)30-13-18-6-7-21(12-25(18)36-2)38-26-16-32(15-24(26)31-28(19)34)14-20-5-3-4-8-29-20/h3-12,24,26H,13-17H2,1-2H3,(H,30,33)(H,31,34)/t24-,26-/m0/s1. The summed E-state index contributed by atoms with van der Waals surface area (Å²) < 4.78 is 23.0. The second kappa shape index (κ2) is 11.4. The first kappa shape index (κ1) is 25.3. The Morgan fingerprint density at radius 1 is 1.03 bits per heavy atom. The number of nitrogens with zero attached hydrogens (tertiary/aromatic N) is 2. The maximum atomic E-state index is 13.4. The van der Waals surface area contributed by atoms with Gasteiger partial charge in [0, 0.05) is 55.6 Å². The third kappa shape index (κ3) is 5.97. The molecule has 0 unspecified atom stereocenters. The van der Waals surface area contributed by atoms with Crippen LogP contribution in [0.2, 0.25) is 0 Å². The number of carbonyl (C=O) groups excluding carboxylic acids is 2. The summed E-state index contributed by atoms with van der Waals surface area (Å²) in [6, 6.07) is 15.9. The summed E-state index contributed by atoms with van der Waals surface area (Å²) in [6.45, 7) is 1.85. The molecular weight excluding hydrogens is 488 g/mol. The molecule has 3 aliphatic rings. The van der Waals surface area contributed by atoms with Gasteiger partial charge in [-0.15, -0.1) is 0 Å². The van der Waals surface area contributed by atoms with Gasteiger partial charge in [-0.25, -0.2) is 0 Å². The highest BCUT2D eigenvalue weighted by Gasteiger charge is 2.36. The van der Waals surface area contributed by atoms with Crippen molar-refractivity contribution in [3.05, 3.63) is 77.6 Å². The molecule has 10 heteroatoms. The fourth-order valence-electron chi connectivity index (χ4n) is 4.63. The Morgan fingerprint density at radius 3 is 2.71 bits per heavy atom. The van der Waals surface area contributed by atoms with E-state index < -0.39 is 0 Å². The first-order valence-electron chi connectivity index (χ1n) is 12.4. The van der Waals surface area contributed by atoms with Gasteiger partial charge in [0.1, 0.15) is 29.1 Å². The first-order valence-corrected chi connectivity index (χ1v) is 12.4. The maximum absolute atomic E-state index is 13.4. The zero-order valence-corrected chi connectivity index (χ0v) is 21.3. The zero-order valence-electron chi connectivity index (χ0n) is 21.3. The number of carbonyl (C=O) groups is 2. The number of amides is 2. The number of methoxy groups -OCH3 is 2. The third-order valence-corrected chi connectivity index (χ3v) is 6.54. The average Bonchev–Trinajstić information content (AvgIpc) is 3.30. The molecule has 2 aromatic carbocycles. The van der Waals surface area contributed by atoms with E-state index in [2.05, 4.69) is 20.5 Å². The molecule has 1 saturated heterocycles. The smallest absolute Gasteiger partial charge is 0.258 e. The minimum Gasteiger partial charge on any atom is -0.497 e. The molecule has 1 fully saturated rings. The fourth-order valence-corrected chi connectivity index (χ4v) is 4.63. The van der Waals surface area contributed by atoms with Gasteiger partial charge in [0.05, 0.1) is 26.0 Å². The SMILES string of the molecule is COc1cc2cc(c1)C(=O)N[C@H]1CN(Cc3ccccn3)C[C@@H]1Oc1ccc(c(OC)c1)CNC(=O)CO2. The summed E-state index contributed by atoms with van der Waals surface area (Å²) in [5.41, 5.74) is 2.10. The van der Waals surface area contributed by atoms with E-state index >= 15 is 0 Å². The molecule has 10 nitrogen and oxygen atoms in total. The number of aromatic nitrogens is 1. The minimum atomic E-state index is -0.324. The van der Waals surface area contributed by atoms with E-state index in [0.717, 1.165) is 11.3 Å². The van der Waals surface area contributed by atoms with Crippen LogP contribution in [-0.2, 0) is 17.9 Å². The summed E-state index contributed by atoms with van der Waals surface area (Å²) in [4.78, 5) is 32.4. The fraction of sp³-hybridized carbons (Fsp3) is 0.321. The van der Waals surface area contributed by atoms with Crippen LogP contribution in [0.25, 0.3) is 0 Å². The van der Waals surface area contributed by atoms with Crippen LogP contribution in [0.3, 0.4) is 0 Å². The molecule has 198 valence electrons. The summed E-state index contributed by atoms with van der Waals surface area (Å²) in [7, 11) is 3.08. The topological polar surface area (TPSA) is 111 Å². The van der Waals surface area contributed by atoms with Crippen molar-refractivity contribution >= 4 is 11.8 Å². The van der Waals surface area contributed by atoms with Gasteiger partial charge in [-0.2, -0.15) is 0 Å². The van der Waals surface area contributed by atoms with E-state index in [1.54, 1.807) is 37.6 Å². The highest BCUT2D eigenvalue weighted by molar-refractivity contribution is 5.95. The Balaban J connectivity index is 1.46. The number of rotatable bonds is 4. The van der Waals surface area contributed by atoms with Crippen molar-refractivity contribution < 1.29 is 28.5 Å². The van der Waals surface area contributed by atoms with Gasteiger partial charge in [0.25, 0.3) is 11.8 Å². The summed E-state index contributed by atoms with van der Waals surface area (Å²) in [5.74, 6) is 1.39. The molecule has 0 spiro atoms. The van der Waals surface area contributed by atoms with Gasteiger partial charge in [0.2, 0.25) is 0 Å². The van der Waals surface area contributed by atoms with Crippen LogP contribution < -0.4 is 29.6 Å². The van der Waals surface area contributed by atoms with E-state index in [9.17, 15) is 9.59 Å². The van der Waals surface area contributed by atoms with Crippen molar-refractivity contribution in [3.63, 3.8) is 0 Å². The van der Waals surface area contributed by atoms with Crippen LogP contribution in [0.15, 0.2) is 60.8 Å². The van der Waals surface area contributed by atoms with E-state index in [-0.39, 0.29) is 37.1 Å². The Morgan fingerprint density at radius 2 is 1.92 bits per heavy atom. The number of hydrogen-bond donors (Lipinski definition) is 2. The lowest BCUT2D eigenvalue weighted by Crippen LogP contribution is -2.45. The van der Waals surface area contributed by atoms with Gasteiger partial charge < -0.3 is 29.6 Å². The Hall–Kier alpha value is -4.31. The lowest BCUT2D eigenvalue weighted by Gasteiger charge is -2.22. The second-order valence-corrected chi connectivity index (χ2v) is 9.19. The largest absolute Gasteiger partial charge is 0.497 e. The number of nitrogens with one attached hydrogen (secondary N) is 2. The number of ether oxygens (including phenoxy) is 4. The van der Waals surface area contributed by atoms with Gasteiger partial charge in [-0.05, 0) is 36.4 Å². The van der Waals surface area contributed by atoms with Crippen molar-refractivity contribution in [3.8, 4) is 23.0 Å². The number of benzene rings is 2. The quantitative estimate of drug-likeness (QED) is 0.541. The molecule has 0 aliphatic carbocycles. The first-order chi connectivity index (χ1) is 18.5. The van der Waals surface area contributed by atoms with Crippen LogP contribution in [0.4, 0.5) is 0 Å². The molecule has 0 saturated carbocycles. The Bertz CT molecular complexity index is 1300. The molecule has 1 aromatic heterocycles. The maximum Gasteiger partial charge on any atom is 0.258 e. The number of hydrogen-bond acceptors (Lipinski definition) is 8. The van der Waals surface area contributed by atoms with Crippen molar-refractivity contribution in [2.45, 2.75) is 25.2 Å². The van der Waals surface area contributed by atoms with Crippen LogP contribution in [0.5, 0.6) is 23.0 Å². The normalized spacial score (nSPS) is 19.8. The molecule has 0 radical (unpaired) electrons. The molecular formula is C28H30N4O6. The summed E-state index contributed by atoms with van der Waals surface area (Å²) >= 11 is 0. The number of likely N-dealkylation sites (tertiary alicyclic amines) is 1. The monoisotopic (exact) mass is 518 g/mol. The van der Waals surface area contributed by atoms with Crippen molar-refractivity contribution in [2.24, 2.45) is 0 Å².